The number of rotatable bonds is 4. The van der Waals surface area contributed by atoms with Gasteiger partial charge in [-0.05, 0) is 42.7 Å². The van der Waals surface area contributed by atoms with Gasteiger partial charge in [0.05, 0.1) is 22.9 Å². The van der Waals surface area contributed by atoms with Crippen molar-refractivity contribution < 1.29 is 9.18 Å². The molecule has 6 heteroatoms. The number of aromatic amines is 1. The van der Waals surface area contributed by atoms with E-state index in [4.69, 9.17) is 0 Å². The molecule has 1 N–H and O–H groups in total. The van der Waals surface area contributed by atoms with Gasteiger partial charge in [0.1, 0.15) is 11.6 Å². The number of nitrogens with one attached hydrogen (secondary N) is 1. The number of H-pyrrole nitrogens is 1. The molecule has 27 heavy (non-hydrogen) atoms. The lowest BCUT2D eigenvalue weighted by atomic mass is 9.63. The number of benzene rings is 2. The molecular weight excluding hydrogens is 345 g/mol. The average Bonchev–Trinajstić information content (AvgIpc) is 2.61. The van der Waals surface area contributed by atoms with Crippen LogP contribution in [0.3, 0.4) is 0 Å². The number of aromatic nitrogens is 2. The molecule has 1 aliphatic carbocycles. The molecule has 1 aromatic heterocycles. The van der Waals surface area contributed by atoms with Gasteiger partial charge in [0.25, 0.3) is 5.56 Å². The molecule has 0 bridgehead atoms. The lowest BCUT2D eigenvalue weighted by Gasteiger charge is -2.43. The molecule has 0 radical (unpaired) electrons. The first-order valence-corrected chi connectivity index (χ1v) is 8.99. The molecule has 1 fully saturated rings. The van der Waals surface area contributed by atoms with E-state index in [1.807, 2.05) is 12.1 Å². The molecule has 0 unspecified atom stereocenters. The van der Waals surface area contributed by atoms with Crippen molar-refractivity contribution in [1.29, 1.82) is 0 Å². The Labute approximate surface area is 155 Å². The van der Waals surface area contributed by atoms with Crippen molar-refractivity contribution in [2.75, 3.05) is 7.05 Å². The second-order valence-corrected chi connectivity index (χ2v) is 7.14. The molecule has 4 rings (SSSR count). The molecule has 2 aromatic carbocycles. The van der Waals surface area contributed by atoms with E-state index in [1.54, 1.807) is 36.2 Å². The fourth-order valence-corrected chi connectivity index (χ4v) is 3.81. The number of halogens is 1. The Morgan fingerprint density at radius 1 is 1.22 bits per heavy atom. The first-order chi connectivity index (χ1) is 13.0. The van der Waals surface area contributed by atoms with Crippen LogP contribution in [0.1, 0.15) is 30.7 Å². The summed E-state index contributed by atoms with van der Waals surface area (Å²) in [6, 6.07) is 13.4. The Hall–Kier alpha value is -3.02. The third-order valence-corrected chi connectivity index (χ3v) is 5.39. The smallest absolute Gasteiger partial charge is 0.258 e. The molecule has 0 spiro atoms. The molecule has 1 heterocycles. The van der Waals surface area contributed by atoms with Gasteiger partial charge in [0, 0.05) is 7.05 Å². The largest absolute Gasteiger partial charge is 0.338 e. The maximum atomic E-state index is 13.7. The number of hydrogen-bond acceptors (Lipinski definition) is 3. The Morgan fingerprint density at radius 2 is 2.00 bits per heavy atom. The summed E-state index contributed by atoms with van der Waals surface area (Å²) in [6.45, 7) is 0.190. The predicted molar refractivity (Wildman–Crippen MR) is 101 cm³/mol. The van der Waals surface area contributed by atoms with E-state index in [2.05, 4.69) is 9.97 Å². The van der Waals surface area contributed by atoms with E-state index in [9.17, 15) is 14.0 Å². The van der Waals surface area contributed by atoms with Crippen LogP contribution in [0.25, 0.3) is 10.9 Å². The van der Waals surface area contributed by atoms with Crippen molar-refractivity contribution in [1.82, 2.24) is 14.9 Å². The van der Waals surface area contributed by atoms with Gasteiger partial charge in [-0.3, -0.25) is 9.59 Å². The third kappa shape index (κ3) is 3.01. The zero-order chi connectivity index (χ0) is 19.0. The van der Waals surface area contributed by atoms with Gasteiger partial charge in [-0.15, -0.1) is 0 Å². The topological polar surface area (TPSA) is 66.1 Å². The predicted octanol–water partition coefficient (Wildman–Crippen LogP) is 3.14. The van der Waals surface area contributed by atoms with Crippen molar-refractivity contribution in [3.63, 3.8) is 0 Å². The lowest BCUT2D eigenvalue weighted by molar-refractivity contribution is -0.140. The minimum Gasteiger partial charge on any atom is -0.338 e. The minimum atomic E-state index is -0.687. The van der Waals surface area contributed by atoms with E-state index < -0.39 is 5.41 Å². The number of amides is 1. The second-order valence-electron chi connectivity index (χ2n) is 7.14. The maximum Gasteiger partial charge on any atom is 0.258 e. The number of nitrogens with zero attached hydrogens (tertiary/aromatic N) is 2. The molecule has 1 amide bonds. The zero-order valence-corrected chi connectivity index (χ0v) is 15.0. The Balaban J connectivity index is 1.62. The standard InChI is InChI=1S/C21H20FN3O2/c1-25(13-18-23-17-9-3-2-8-16(17)19(26)24-18)20(27)21(10-5-11-21)14-6-4-7-15(22)12-14/h2-4,6-9,12H,5,10-11,13H2,1H3,(H,23,24,26). The fourth-order valence-electron chi connectivity index (χ4n) is 3.81. The zero-order valence-electron chi connectivity index (χ0n) is 15.0. The van der Waals surface area contributed by atoms with Gasteiger partial charge >= 0.3 is 0 Å². The summed E-state index contributed by atoms with van der Waals surface area (Å²) < 4.78 is 13.7. The van der Waals surface area contributed by atoms with E-state index in [0.29, 0.717) is 35.1 Å². The summed E-state index contributed by atoms with van der Waals surface area (Å²) in [5, 5.41) is 0.519. The lowest BCUT2D eigenvalue weighted by Crippen LogP contribution is -2.49. The fraction of sp³-hybridized carbons (Fsp3) is 0.286. The average molecular weight is 365 g/mol. The van der Waals surface area contributed by atoms with E-state index in [0.717, 1.165) is 6.42 Å². The van der Waals surface area contributed by atoms with Crippen LogP contribution < -0.4 is 5.56 Å². The summed E-state index contributed by atoms with van der Waals surface area (Å²) in [5.41, 5.74) is 0.402. The summed E-state index contributed by atoms with van der Waals surface area (Å²) in [4.78, 5) is 34.2. The van der Waals surface area contributed by atoms with Crippen LogP contribution in [-0.2, 0) is 16.8 Å². The number of fused-ring (bicyclic) bond motifs is 1. The molecule has 0 saturated heterocycles. The van der Waals surface area contributed by atoms with Gasteiger partial charge in [-0.1, -0.05) is 30.7 Å². The Bertz CT molecular complexity index is 1070. The van der Waals surface area contributed by atoms with Crippen molar-refractivity contribution in [3.8, 4) is 0 Å². The molecule has 0 atom stereocenters. The van der Waals surface area contributed by atoms with Gasteiger partial charge < -0.3 is 9.88 Å². The first kappa shape index (κ1) is 17.4. The number of carbonyl (C=O) groups is 1. The number of para-hydroxylation sites is 1. The van der Waals surface area contributed by atoms with Crippen LogP contribution in [0, 0.1) is 5.82 Å². The molecule has 1 saturated carbocycles. The molecule has 5 nitrogen and oxygen atoms in total. The summed E-state index contributed by atoms with van der Waals surface area (Å²) >= 11 is 0. The van der Waals surface area contributed by atoms with Crippen molar-refractivity contribution in [2.24, 2.45) is 0 Å². The highest BCUT2D eigenvalue weighted by molar-refractivity contribution is 5.89. The Morgan fingerprint density at radius 3 is 2.70 bits per heavy atom. The minimum absolute atomic E-state index is 0.0739. The van der Waals surface area contributed by atoms with Crippen molar-refractivity contribution >= 4 is 16.8 Å². The molecule has 3 aromatic rings. The first-order valence-electron chi connectivity index (χ1n) is 8.99. The number of hydrogen-bond donors (Lipinski definition) is 1. The highest BCUT2D eigenvalue weighted by atomic mass is 19.1. The molecule has 138 valence electrons. The highest BCUT2D eigenvalue weighted by Gasteiger charge is 2.47. The second kappa shape index (κ2) is 6.61. The SMILES string of the molecule is CN(Cc1nc2ccccc2c(=O)[nH]1)C(=O)C1(c2cccc(F)c2)CCC1. The number of carbonyl (C=O) groups excluding carboxylic acids is 1. The van der Waals surface area contributed by atoms with E-state index in [-0.39, 0.29) is 23.8 Å². The van der Waals surface area contributed by atoms with Crippen LogP contribution in [0.5, 0.6) is 0 Å². The maximum absolute atomic E-state index is 13.7. The summed E-state index contributed by atoms with van der Waals surface area (Å²) in [7, 11) is 1.69. The summed E-state index contributed by atoms with van der Waals surface area (Å²) in [5.74, 6) is 0.0215. The van der Waals surface area contributed by atoms with Crippen LogP contribution >= 0.6 is 0 Å². The van der Waals surface area contributed by atoms with E-state index >= 15 is 0 Å². The third-order valence-electron chi connectivity index (χ3n) is 5.39. The van der Waals surface area contributed by atoms with Crippen molar-refractivity contribution in [3.05, 3.63) is 76.1 Å². The quantitative estimate of drug-likeness (QED) is 0.772. The van der Waals surface area contributed by atoms with Gasteiger partial charge in [0.2, 0.25) is 5.91 Å². The molecular formula is C21H20FN3O2. The molecule has 1 aliphatic rings. The van der Waals surface area contributed by atoms with Gasteiger partial charge in [-0.25, -0.2) is 9.37 Å². The van der Waals surface area contributed by atoms with Gasteiger partial charge in [-0.2, -0.15) is 0 Å². The highest BCUT2D eigenvalue weighted by Crippen LogP contribution is 2.45. The van der Waals surface area contributed by atoms with Crippen molar-refractivity contribution in [2.45, 2.75) is 31.2 Å². The van der Waals surface area contributed by atoms with E-state index in [1.165, 1.54) is 12.1 Å². The molecule has 0 aliphatic heterocycles. The Kier molecular flexibility index (Phi) is 4.26. The van der Waals surface area contributed by atoms with Crippen LogP contribution in [0.2, 0.25) is 0 Å². The van der Waals surface area contributed by atoms with Crippen LogP contribution in [-0.4, -0.2) is 27.8 Å². The normalized spacial score (nSPS) is 15.3. The monoisotopic (exact) mass is 365 g/mol. The van der Waals surface area contributed by atoms with Gasteiger partial charge in [0.15, 0.2) is 0 Å². The summed E-state index contributed by atoms with van der Waals surface area (Å²) in [6.07, 6.45) is 2.32. The number of likely N-dealkylation sites (N-methyl/N-ethyl adjacent to an activating group) is 1. The van der Waals surface area contributed by atoms with Crippen LogP contribution in [0.15, 0.2) is 53.3 Å². The van der Waals surface area contributed by atoms with Crippen LogP contribution in [0.4, 0.5) is 4.39 Å².